The number of amides is 1. The van der Waals surface area contributed by atoms with E-state index in [0.717, 1.165) is 11.1 Å². The van der Waals surface area contributed by atoms with Gasteiger partial charge in [0.2, 0.25) is 5.91 Å². The molecule has 4 rings (SSSR count). The number of carbonyl (C=O) groups is 1. The molecule has 27 heavy (non-hydrogen) atoms. The van der Waals surface area contributed by atoms with Crippen molar-refractivity contribution in [3.8, 4) is 17.2 Å². The first-order chi connectivity index (χ1) is 13.1. The predicted octanol–water partition coefficient (Wildman–Crippen LogP) is 3.59. The van der Waals surface area contributed by atoms with Crippen molar-refractivity contribution in [2.75, 3.05) is 11.9 Å². The lowest BCUT2D eigenvalue weighted by Crippen LogP contribution is -2.24. The molecule has 0 unspecified atom stereocenters. The van der Waals surface area contributed by atoms with Gasteiger partial charge < -0.3 is 15.2 Å². The van der Waals surface area contributed by atoms with Crippen LogP contribution in [-0.2, 0) is 4.79 Å². The lowest BCUT2D eigenvalue weighted by Gasteiger charge is -2.24. The van der Waals surface area contributed by atoms with Gasteiger partial charge in [-0.15, -0.1) is 0 Å². The Bertz CT molecular complexity index is 998. The summed E-state index contributed by atoms with van der Waals surface area (Å²) in [6.07, 6.45) is 1.97. The number of hydrogen-bond acceptors (Lipinski definition) is 4. The molecule has 138 valence electrons. The molecular formula is C20H18FN3O3. The average molecular weight is 367 g/mol. The number of rotatable bonds is 4. The van der Waals surface area contributed by atoms with Crippen molar-refractivity contribution in [1.29, 1.82) is 0 Å². The SMILES string of the molecule is CCOc1cc([C@H]2CC(=O)Nc3c2cnn3-c2ccc(F)cc2)ccc1O. The maximum Gasteiger partial charge on any atom is 0.226 e. The minimum atomic E-state index is -0.339. The van der Waals surface area contributed by atoms with Gasteiger partial charge in [0.25, 0.3) is 0 Å². The van der Waals surface area contributed by atoms with Crippen molar-refractivity contribution in [1.82, 2.24) is 9.78 Å². The van der Waals surface area contributed by atoms with E-state index in [2.05, 4.69) is 10.4 Å². The van der Waals surface area contributed by atoms with Gasteiger partial charge in [-0.3, -0.25) is 4.79 Å². The summed E-state index contributed by atoms with van der Waals surface area (Å²) in [6, 6.07) is 11.0. The third-order valence-corrected chi connectivity index (χ3v) is 4.58. The number of ether oxygens (including phenoxy) is 1. The number of halogens is 1. The fourth-order valence-corrected chi connectivity index (χ4v) is 3.31. The molecule has 6 nitrogen and oxygen atoms in total. The normalized spacial score (nSPS) is 15.9. The number of aromatic nitrogens is 2. The third-order valence-electron chi connectivity index (χ3n) is 4.58. The molecule has 1 aliphatic rings. The number of phenols is 1. The lowest BCUT2D eigenvalue weighted by molar-refractivity contribution is -0.116. The smallest absolute Gasteiger partial charge is 0.226 e. The maximum absolute atomic E-state index is 13.2. The molecule has 7 heteroatoms. The van der Waals surface area contributed by atoms with Crippen LogP contribution in [0.2, 0.25) is 0 Å². The van der Waals surface area contributed by atoms with E-state index in [9.17, 15) is 14.3 Å². The largest absolute Gasteiger partial charge is 0.504 e. The van der Waals surface area contributed by atoms with E-state index in [0.29, 0.717) is 23.9 Å². The molecule has 2 aromatic carbocycles. The molecule has 0 fully saturated rings. The molecule has 0 spiro atoms. The van der Waals surface area contributed by atoms with Crippen LogP contribution >= 0.6 is 0 Å². The molecule has 0 radical (unpaired) electrons. The Morgan fingerprint density at radius 1 is 1.30 bits per heavy atom. The van der Waals surface area contributed by atoms with E-state index < -0.39 is 0 Å². The van der Waals surface area contributed by atoms with Crippen LogP contribution in [0.1, 0.15) is 30.4 Å². The number of carbonyl (C=O) groups excluding carboxylic acids is 1. The van der Waals surface area contributed by atoms with Crippen LogP contribution in [0.25, 0.3) is 5.69 Å². The zero-order valence-electron chi connectivity index (χ0n) is 14.6. The Morgan fingerprint density at radius 2 is 2.07 bits per heavy atom. The molecule has 2 heterocycles. The Labute approximate surface area is 155 Å². The van der Waals surface area contributed by atoms with Gasteiger partial charge in [0.05, 0.1) is 18.5 Å². The topological polar surface area (TPSA) is 76.4 Å². The first-order valence-electron chi connectivity index (χ1n) is 8.66. The van der Waals surface area contributed by atoms with Crippen molar-refractivity contribution in [3.05, 3.63) is 65.6 Å². The van der Waals surface area contributed by atoms with Gasteiger partial charge in [-0.25, -0.2) is 9.07 Å². The second kappa shape index (κ2) is 6.75. The number of aromatic hydroxyl groups is 1. The highest BCUT2D eigenvalue weighted by Crippen LogP contribution is 2.40. The zero-order chi connectivity index (χ0) is 19.0. The van der Waals surface area contributed by atoms with E-state index >= 15 is 0 Å². The lowest BCUT2D eigenvalue weighted by atomic mass is 9.87. The molecule has 2 N–H and O–H groups in total. The summed E-state index contributed by atoms with van der Waals surface area (Å²) in [5.74, 6) is 0.310. The molecule has 0 aliphatic carbocycles. The number of fused-ring (bicyclic) bond motifs is 1. The fraction of sp³-hybridized carbons (Fsp3) is 0.200. The van der Waals surface area contributed by atoms with E-state index in [1.807, 2.05) is 6.92 Å². The number of benzene rings is 2. The Hall–Kier alpha value is -3.35. The van der Waals surface area contributed by atoms with Crippen LogP contribution in [0.4, 0.5) is 10.2 Å². The number of anilines is 1. The van der Waals surface area contributed by atoms with Crippen LogP contribution in [0, 0.1) is 5.82 Å². The molecule has 3 aromatic rings. The van der Waals surface area contributed by atoms with Crippen molar-refractivity contribution >= 4 is 11.7 Å². The second-order valence-electron chi connectivity index (χ2n) is 6.30. The first-order valence-corrected chi connectivity index (χ1v) is 8.66. The average Bonchev–Trinajstić information content (AvgIpc) is 3.07. The van der Waals surface area contributed by atoms with Crippen LogP contribution in [0.15, 0.2) is 48.7 Å². The highest BCUT2D eigenvalue weighted by molar-refractivity contribution is 5.94. The molecule has 0 saturated carbocycles. The number of phenolic OH excluding ortho intramolecular Hbond substituents is 1. The van der Waals surface area contributed by atoms with Crippen LogP contribution < -0.4 is 10.1 Å². The maximum atomic E-state index is 13.2. The van der Waals surface area contributed by atoms with Crippen LogP contribution in [-0.4, -0.2) is 27.4 Å². The van der Waals surface area contributed by atoms with E-state index in [-0.39, 0.29) is 29.8 Å². The molecule has 0 bridgehead atoms. The van der Waals surface area contributed by atoms with Crippen LogP contribution in [0.5, 0.6) is 11.5 Å². The minimum absolute atomic E-state index is 0.0584. The monoisotopic (exact) mass is 367 g/mol. The number of hydrogen-bond donors (Lipinski definition) is 2. The quantitative estimate of drug-likeness (QED) is 0.739. The minimum Gasteiger partial charge on any atom is -0.504 e. The zero-order valence-corrected chi connectivity index (χ0v) is 14.6. The van der Waals surface area contributed by atoms with Gasteiger partial charge in [-0.05, 0) is 48.9 Å². The fourth-order valence-electron chi connectivity index (χ4n) is 3.31. The van der Waals surface area contributed by atoms with Crippen molar-refractivity contribution < 1.29 is 19.0 Å². The first kappa shape index (κ1) is 17.1. The van der Waals surface area contributed by atoms with Gasteiger partial charge in [0.1, 0.15) is 11.6 Å². The molecule has 0 saturated heterocycles. The Morgan fingerprint density at radius 3 is 2.81 bits per heavy atom. The van der Waals surface area contributed by atoms with Crippen molar-refractivity contribution in [2.24, 2.45) is 0 Å². The van der Waals surface area contributed by atoms with Crippen molar-refractivity contribution in [2.45, 2.75) is 19.3 Å². The van der Waals surface area contributed by atoms with Crippen molar-refractivity contribution in [3.63, 3.8) is 0 Å². The van der Waals surface area contributed by atoms with Gasteiger partial charge in [0, 0.05) is 17.9 Å². The second-order valence-corrected chi connectivity index (χ2v) is 6.30. The molecular weight excluding hydrogens is 349 g/mol. The summed E-state index contributed by atoms with van der Waals surface area (Å²) >= 11 is 0. The summed E-state index contributed by atoms with van der Waals surface area (Å²) in [5, 5.41) is 17.2. The highest BCUT2D eigenvalue weighted by Gasteiger charge is 2.30. The summed E-state index contributed by atoms with van der Waals surface area (Å²) in [6.45, 7) is 2.26. The molecule has 1 amide bonds. The van der Waals surface area contributed by atoms with Gasteiger partial charge in [-0.1, -0.05) is 6.07 Å². The predicted molar refractivity (Wildman–Crippen MR) is 97.9 cm³/mol. The standard InChI is InChI=1S/C20H18FN3O3/c1-2-27-18-9-12(3-8-17(18)25)15-10-19(26)23-20-16(15)11-22-24(20)14-6-4-13(21)5-7-14/h3-9,11,15,25H,2,10H2,1H3,(H,23,26)/t15-/m1/s1. The molecule has 1 aromatic heterocycles. The number of nitrogens with one attached hydrogen (secondary N) is 1. The summed E-state index contributed by atoms with van der Waals surface area (Å²) < 4.78 is 20.3. The van der Waals surface area contributed by atoms with E-state index in [1.54, 1.807) is 41.2 Å². The van der Waals surface area contributed by atoms with Gasteiger partial charge in [0.15, 0.2) is 11.5 Å². The van der Waals surface area contributed by atoms with E-state index in [4.69, 9.17) is 4.74 Å². The highest BCUT2D eigenvalue weighted by atomic mass is 19.1. The Balaban J connectivity index is 1.77. The summed E-state index contributed by atoms with van der Waals surface area (Å²) in [7, 11) is 0. The summed E-state index contributed by atoms with van der Waals surface area (Å²) in [4.78, 5) is 12.3. The van der Waals surface area contributed by atoms with Crippen LogP contribution in [0.3, 0.4) is 0 Å². The molecule has 1 aliphatic heterocycles. The Kier molecular flexibility index (Phi) is 4.27. The summed E-state index contributed by atoms with van der Waals surface area (Å²) in [5.41, 5.74) is 2.36. The number of nitrogens with zero attached hydrogens (tertiary/aromatic N) is 2. The van der Waals surface area contributed by atoms with E-state index in [1.165, 1.54) is 12.1 Å². The van der Waals surface area contributed by atoms with Gasteiger partial charge >= 0.3 is 0 Å². The third kappa shape index (κ3) is 3.12. The van der Waals surface area contributed by atoms with Gasteiger partial charge in [-0.2, -0.15) is 5.10 Å². The molecule has 1 atom stereocenters.